The zero-order valence-electron chi connectivity index (χ0n) is 23.3. The van der Waals surface area contributed by atoms with Crippen LogP contribution in [0.5, 0.6) is 0 Å². The third-order valence-corrected chi connectivity index (χ3v) is 6.66. The number of rotatable bonds is 12. The summed E-state index contributed by atoms with van der Waals surface area (Å²) in [4.78, 5) is 27.4. The van der Waals surface area contributed by atoms with Crippen molar-refractivity contribution in [3.8, 4) is 0 Å². The zero-order chi connectivity index (χ0) is 28.0. The second-order valence-corrected chi connectivity index (χ2v) is 8.90. The SMILES string of the molecule is CCc1cccc(CC)c1N(C(=O)CCl)C(C)OC.CCc1cccc(CC)c1N(COC)C(=O)CCl. The molecular formula is C29H42Cl2N2O4. The number of para-hydroxylation sites is 2. The molecule has 37 heavy (non-hydrogen) atoms. The number of benzene rings is 2. The Labute approximate surface area is 232 Å². The molecule has 0 aliphatic rings. The fraction of sp³-hybridized carbons (Fsp3) is 0.517. The molecule has 2 amide bonds. The maximum atomic E-state index is 12.2. The van der Waals surface area contributed by atoms with Crippen LogP contribution in [0.25, 0.3) is 0 Å². The molecule has 1 unspecified atom stereocenters. The first kappa shape index (κ1) is 32.9. The predicted molar refractivity (Wildman–Crippen MR) is 155 cm³/mol. The summed E-state index contributed by atoms with van der Waals surface area (Å²) in [5.74, 6) is -0.347. The van der Waals surface area contributed by atoms with Gasteiger partial charge >= 0.3 is 0 Å². The van der Waals surface area contributed by atoms with E-state index < -0.39 is 0 Å². The predicted octanol–water partition coefficient (Wildman–Crippen LogP) is 6.36. The van der Waals surface area contributed by atoms with Gasteiger partial charge in [-0.25, -0.2) is 0 Å². The summed E-state index contributed by atoms with van der Waals surface area (Å²) in [7, 11) is 3.17. The topological polar surface area (TPSA) is 59.1 Å². The van der Waals surface area contributed by atoms with Crippen LogP contribution in [0.4, 0.5) is 11.4 Å². The maximum Gasteiger partial charge on any atom is 0.244 e. The molecule has 0 saturated carbocycles. The molecule has 1 atom stereocenters. The molecule has 8 heteroatoms. The van der Waals surface area contributed by atoms with Gasteiger partial charge in [-0.15, -0.1) is 23.2 Å². The molecule has 2 aromatic rings. The molecule has 0 radical (unpaired) electrons. The molecule has 2 aromatic carbocycles. The second-order valence-electron chi connectivity index (χ2n) is 8.37. The lowest BCUT2D eigenvalue weighted by molar-refractivity contribution is -0.118. The summed E-state index contributed by atoms with van der Waals surface area (Å²) in [5.41, 5.74) is 6.47. The van der Waals surface area contributed by atoms with E-state index in [4.69, 9.17) is 32.7 Å². The van der Waals surface area contributed by atoms with Crippen LogP contribution in [0.2, 0.25) is 0 Å². The van der Waals surface area contributed by atoms with Gasteiger partial charge in [0.1, 0.15) is 24.7 Å². The number of amides is 2. The summed E-state index contributed by atoms with van der Waals surface area (Å²) in [5, 5.41) is 0. The van der Waals surface area contributed by atoms with Crippen LogP contribution in [0.15, 0.2) is 36.4 Å². The van der Waals surface area contributed by atoms with E-state index >= 15 is 0 Å². The van der Waals surface area contributed by atoms with Crippen molar-refractivity contribution >= 4 is 46.4 Å². The van der Waals surface area contributed by atoms with Crippen molar-refractivity contribution < 1.29 is 19.1 Å². The number of hydrogen-bond donors (Lipinski definition) is 0. The summed E-state index contributed by atoms with van der Waals surface area (Å²) in [6.45, 7) is 10.4. The van der Waals surface area contributed by atoms with Crippen molar-refractivity contribution in [1.29, 1.82) is 0 Å². The minimum absolute atomic E-state index is 0.0371. The Balaban J connectivity index is 0.000000371. The summed E-state index contributed by atoms with van der Waals surface area (Å²) in [6, 6.07) is 12.2. The maximum absolute atomic E-state index is 12.2. The van der Waals surface area contributed by atoms with E-state index in [1.165, 1.54) is 0 Å². The molecule has 0 fully saturated rings. The molecule has 0 heterocycles. The summed E-state index contributed by atoms with van der Waals surface area (Å²) in [6.07, 6.45) is 3.15. The minimum Gasteiger partial charge on any atom is -0.364 e. The van der Waals surface area contributed by atoms with Crippen LogP contribution in [0.3, 0.4) is 0 Å². The summed E-state index contributed by atoms with van der Waals surface area (Å²) < 4.78 is 10.5. The van der Waals surface area contributed by atoms with Crippen LogP contribution in [0.1, 0.15) is 56.9 Å². The van der Waals surface area contributed by atoms with Crippen molar-refractivity contribution in [2.45, 2.75) is 66.5 Å². The van der Waals surface area contributed by atoms with Gasteiger partial charge in [-0.2, -0.15) is 0 Å². The molecule has 0 aliphatic heterocycles. The first-order chi connectivity index (χ1) is 17.8. The van der Waals surface area contributed by atoms with Crippen molar-refractivity contribution in [2.24, 2.45) is 0 Å². The number of carbonyl (C=O) groups excluding carboxylic acids is 2. The molecule has 0 saturated heterocycles. The monoisotopic (exact) mass is 552 g/mol. The Morgan fingerprint density at radius 2 is 1.16 bits per heavy atom. The van der Waals surface area contributed by atoms with Gasteiger partial charge < -0.3 is 9.47 Å². The average molecular weight is 554 g/mol. The number of carbonyl (C=O) groups is 2. The zero-order valence-corrected chi connectivity index (χ0v) is 24.8. The molecule has 0 N–H and O–H groups in total. The summed E-state index contributed by atoms with van der Waals surface area (Å²) >= 11 is 11.4. The normalized spacial score (nSPS) is 11.4. The van der Waals surface area contributed by atoms with Crippen LogP contribution >= 0.6 is 23.2 Å². The number of methoxy groups -OCH3 is 2. The van der Waals surface area contributed by atoms with Gasteiger partial charge in [0.25, 0.3) is 0 Å². The van der Waals surface area contributed by atoms with E-state index in [0.717, 1.165) is 59.3 Å². The van der Waals surface area contributed by atoms with Gasteiger partial charge in [0, 0.05) is 14.2 Å². The molecule has 6 nitrogen and oxygen atoms in total. The largest absolute Gasteiger partial charge is 0.364 e. The average Bonchev–Trinajstić information content (AvgIpc) is 2.95. The second kappa shape index (κ2) is 17.4. The highest BCUT2D eigenvalue weighted by Crippen LogP contribution is 2.29. The number of nitrogens with zero attached hydrogens (tertiary/aromatic N) is 2. The first-order valence-corrected chi connectivity index (χ1v) is 13.8. The Bertz CT molecular complexity index is 955. The van der Waals surface area contributed by atoms with Gasteiger partial charge in [0.15, 0.2) is 0 Å². The number of aryl methyl sites for hydroxylation is 4. The molecule has 2 rings (SSSR count). The lowest BCUT2D eigenvalue weighted by Gasteiger charge is -2.31. The van der Waals surface area contributed by atoms with Crippen molar-refractivity contribution in [3.63, 3.8) is 0 Å². The standard InChI is InChI=1S/C15H22ClNO2.C14H20ClNO2/c1-5-12-8-7-9-13(6-2)15(12)17(11(3)19-4)14(18)10-16;1-4-11-7-6-8-12(5-2)14(11)16(10-18-3)13(17)9-15/h7-9,11H,5-6,10H2,1-4H3;6-8H,4-5,9-10H2,1-3H3. The number of anilines is 2. The quantitative estimate of drug-likeness (QED) is 0.227. The lowest BCUT2D eigenvalue weighted by Crippen LogP contribution is -2.41. The van der Waals surface area contributed by atoms with Crippen LogP contribution in [-0.2, 0) is 44.7 Å². The van der Waals surface area contributed by atoms with Gasteiger partial charge in [-0.1, -0.05) is 64.1 Å². The molecule has 206 valence electrons. The highest BCUT2D eigenvalue weighted by molar-refractivity contribution is 6.30. The molecule has 0 aromatic heterocycles. The minimum atomic E-state index is -0.329. The third kappa shape index (κ3) is 8.71. The van der Waals surface area contributed by atoms with Crippen LogP contribution in [0, 0.1) is 0 Å². The molecule has 0 spiro atoms. The van der Waals surface area contributed by atoms with E-state index in [-0.39, 0.29) is 36.5 Å². The van der Waals surface area contributed by atoms with Crippen molar-refractivity contribution in [1.82, 2.24) is 0 Å². The number of ether oxygens (including phenoxy) is 2. The van der Waals surface area contributed by atoms with E-state index in [2.05, 4.69) is 27.7 Å². The molecule has 0 aliphatic carbocycles. The van der Waals surface area contributed by atoms with E-state index in [0.29, 0.717) is 0 Å². The van der Waals surface area contributed by atoms with Crippen LogP contribution in [-0.4, -0.2) is 50.8 Å². The highest BCUT2D eigenvalue weighted by Gasteiger charge is 2.25. The number of halogens is 2. The fourth-order valence-corrected chi connectivity index (χ4v) is 4.50. The third-order valence-electron chi connectivity index (χ3n) is 6.20. The van der Waals surface area contributed by atoms with Crippen molar-refractivity contribution in [2.75, 3.05) is 42.5 Å². The van der Waals surface area contributed by atoms with E-state index in [1.807, 2.05) is 43.3 Å². The van der Waals surface area contributed by atoms with E-state index in [9.17, 15) is 9.59 Å². The van der Waals surface area contributed by atoms with Crippen LogP contribution < -0.4 is 9.80 Å². The number of hydrogen-bond acceptors (Lipinski definition) is 4. The van der Waals surface area contributed by atoms with Gasteiger partial charge in [0.05, 0.1) is 11.4 Å². The first-order valence-electron chi connectivity index (χ1n) is 12.8. The van der Waals surface area contributed by atoms with E-state index in [1.54, 1.807) is 24.0 Å². The Morgan fingerprint density at radius 3 is 1.49 bits per heavy atom. The molecule has 0 bridgehead atoms. The van der Waals surface area contributed by atoms with Gasteiger partial charge in [0.2, 0.25) is 11.8 Å². The van der Waals surface area contributed by atoms with Crippen molar-refractivity contribution in [3.05, 3.63) is 58.7 Å². The lowest BCUT2D eigenvalue weighted by atomic mass is 10.0. The Hall–Kier alpha value is -2.12. The van der Waals surface area contributed by atoms with Gasteiger partial charge in [-0.3, -0.25) is 19.4 Å². The Morgan fingerprint density at radius 1 is 0.757 bits per heavy atom. The smallest absolute Gasteiger partial charge is 0.244 e. The Kier molecular flexibility index (Phi) is 15.5. The molecular weight excluding hydrogens is 511 g/mol. The highest BCUT2D eigenvalue weighted by atomic mass is 35.5. The number of alkyl halides is 2. The fourth-order valence-electron chi connectivity index (χ4n) is 4.23. The van der Waals surface area contributed by atoms with Gasteiger partial charge in [-0.05, 0) is 54.9 Å².